The number of amides is 1. The minimum Gasteiger partial charge on any atom is -0.348 e. The van der Waals surface area contributed by atoms with Gasteiger partial charge in [-0.25, -0.2) is 8.42 Å². The van der Waals surface area contributed by atoms with Crippen molar-refractivity contribution in [1.29, 1.82) is 0 Å². The van der Waals surface area contributed by atoms with Gasteiger partial charge in [0, 0.05) is 31.2 Å². The second kappa shape index (κ2) is 9.31. The van der Waals surface area contributed by atoms with Gasteiger partial charge in [-0.05, 0) is 56.5 Å². The highest BCUT2D eigenvalue weighted by Crippen LogP contribution is 2.17. The predicted octanol–water partition coefficient (Wildman–Crippen LogP) is 1.98. The van der Waals surface area contributed by atoms with Crippen LogP contribution in [0.5, 0.6) is 0 Å². The zero-order valence-corrected chi connectivity index (χ0v) is 15.9. The molecule has 6 nitrogen and oxygen atoms in total. The Morgan fingerprint density at radius 1 is 1.20 bits per heavy atom. The Bertz CT molecular complexity index is 647. The van der Waals surface area contributed by atoms with E-state index < -0.39 is 10.0 Å². The number of carbonyl (C=O) groups excluding carboxylic acids is 1. The standard InChI is InChI=1S/C18H29N3O3S/c1-3-12-21(13-4-2)25(23,24)17-9-7-15(8-10-17)18(22)20-16-6-5-11-19-14-16/h7-10,16,19H,3-6,11-14H2,1-2H3,(H,20,22)/t16-/m0/s1. The fourth-order valence-corrected chi connectivity index (χ4v) is 4.65. The zero-order chi connectivity index (χ0) is 18.3. The van der Waals surface area contributed by atoms with E-state index in [1.165, 1.54) is 16.4 Å². The summed E-state index contributed by atoms with van der Waals surface area (Å²) >= 11 is 0. The average molecular weight is 368 g/mol. The summed E-state index contributed by atoms with van der Waals surface area (Å²) in [4.78, 5) is 12.6. The molecule has 1 aliphatic heterocycles. The fourth-order valence-electron chi connectivity index (χ4n) is 3.02. The van der Waals surface area contributed by atoms with Gasteiger partial charge in [0.25, 0.3) is 5.91 Å². The lowest BCUT2D eigenvalue weighted by atomic mass is 10.1. The topological polar surface area (TPSA) is 78.5 Å². The molecule has 1 aliphatic rings. The molecule has 1 aromatic rings. The Labute approximate surface area is 151 Å². The Kier molecular flexibility index (Phi) is 7.40. The fraction of sp³-hybridized carbons (Fsp3) is 0.611. The third kappa shape index (κ3) is 5.26. The van der Waals surface area contributed by atoms with Crippen LogP contribution >= 0.6 is 0 Å². The van der Waals surface area contributed by atoms with Crippen molar-refractivity contribution in [2.75, 3.05) is 26.2 Å². The molecule has 7 heteroatoms. The molecule has 2 rings (SSSR count). The molecule has 2 N–H and O–H groups in total. The number of nitrogens with one attached hydrogen (secondary N) is 2. The molecule has 0 aliphatic carbocycles. The van der Waals surface area contributed by atoms with Crippen LogP contribution in [0, 0.1) is 0 Å². The zero-order valence-electron chi connectivity index (χ0n) is 15.1. The maximum Gasteiger partial charge on any atom is 0.251 e. The van der Waals surface area contributed by atoms with Crippen LogP contribution in [0.2, 0.25) is 0 Å². The molecule has 0 unspecified atom stereocenters. The first-order valence-electron chi connectivity index (χ1n) is 9.10. The van der Waals surface area contributed by atoms with Crippen LogP contribution in [0.1, 0.15) is 49.9 Å². The lowest BCUT2D eigenvalue weighted by Crippen LogP contribution is -2.45. The Balaban J connectivity index is 2.08. The quantitative estimate of drug-likeness (QED) is 0.736. The van der Waals surface area contributed by atoms with E-state index in [0.717, 1.165) is 38.8 Å². The van der Waals surface area contributed by atoms with Gasteiger partial charge in [-0.2, -0.15) is 4.31 Å². The molecule has 1 heterocycles. The second-order valence-electron chi connectivity index (χ2n) is 6.45. The van der Waals surface area contributed by atoms with E-state index in [-0.39, 0.29) is 16.8 Å². The van der Waals surface area contributed by atoms with Crippen LogP contribution in [0.15, 0.2) is 29.2 Å². The summed E-state index contributed by atoms with van der Waals surface area (Å²) < 4.78 is 27.0. The Hall–Kier alpha value is -1.44. The van der Waals surface area contributed by atoms with Gasteiger partial charge in [0.2, 0.25) is 10.0 Å². The summed E-state index contributed by atoms with van der Waals surface area (Å²) in [6, 6.07) is 6.38. The van der Waals surface area contributed by atoms with Crippen LogP contribution in [0.4, 0.5) is 0 Å². The molecule has 1 atom stereocenters. The molecule has 0 bridgehead atoms. The number of rotatable bonds is 8. The highest BCUT2D eigenvalue weighted by atomic mass is 32.2. The molecule has 1 aromatic carbocycles. The number of hydrogen-bond acceptors (Lipinski definition) is 4. The monoisotopic (exact) mass is 367 g/mol. The van der Waals surface area contributed by atoms with Crippen molar-refractivity contribution in [1.82, 2.24) is 14.9 Å². The SMILES string of the molecule is CCCN(CCC)S(=O)(=O)c1ccc(C(=O)N[C@H]2CCCNC2)cc1. The highest BCUT2D eigenvalue weighted by Gasteiger charge is 2.23. The maximum absolute atomic E-state index is 12.7. The molecule has 0 saturated carbocycles. The van der Waals surface area contributed by atoms with Gasteiger partial charge in [-0.3, -0.25) is 4.79 Å². The maximum atomic E-state index is 12.7. The number of hydrogen-bond donors (Lipinski definition) is 2. The number of piperidine rings is 1. The second-order valence-corrected chi connectivity index (χ2v) is 8.38. The smallest absolute Gasteiger partial charge is 0.251 e. The Morgan fingerprint density at radius 3 is 2.36 bits per heavy atom. The lowest BCUT2D eigenvalue weighted by molar-refractivity contribution is 0.0930. The van der Waals surface area contributed by atoms with E-state index in [0.29, 0.717) is 18.7 Å². The van der Waals surface area contributed by atoms with Crippen molar-refractivity contribution in [2.24, 2.45) is 0 Å². The molecule has 1 fully saturated rings. The van der Waals surface area contributed by atoms with Gasteiger partial charge >= 0.3 is 0 Å². The van der Waals surface area contributed by atoms with Crippen molar-refractivity contribution in [3.63, 3.8) is 0 Å². The Morgan fingerprint density at radius 2 is 1.84 bits per heavy atom. The summed E-state index contributed by atoms with van der Waals surface area (Å²) in [6.45, 7) is 6.71. The van der Waals surface area contributed by atoms with Crippen molar-refractivity contribution >= 4 is 15.9 Å². The van der Waals surface area contributed by atoms with Crippen LogP contribution < -0.4 is 10.6 Å². The predicted molar refractivity (Wildman–Crippen MR) is 99.1 cm³/mol. The third-order valence-corrected chi connectivity index (χ3v) is 6.25. The van der Waals surface area contributed by atoms with Crippen LogP contribution in [-0.2, 0) is 10.0 Å². The molecule has 0 spiro atoms. The molecular formula is C18H29N3O3S. The number of carbonyl (C=O) groups is 1. The van der Waals surface area contributed by atoms with Crippen LogP contribution in [-0.4, -0.2) is 50.9 Å². The minimum absolute atomic E-state index is 0.134. The molecule has 0 aromatic heterocycles. The summed E-state index contributed by atoms with van der Waals surface area (Å²) in [5.74, 6) is -0.156. The van der Waals surface area contributed by atoms with Gasteiger partial charge in [0.1, 0.15) is 0 Å². The first-order valence-corrected chi connectivity index (χ1v) is 10.5. The molecule has 1 amide bonds. The first-order chi connectivity index (χ1) is 12.0. The van der Waals surface area contributed by atoms with E-state index in [1.807, 2.05) is 13.8 Å². The van der Waals surface area contributed by atoms with E-state index in [4.69, 9.17) is 0 Å². The van der Waals surface area contributed by atoms with E-state index in [9.17, 15) is 13.2 Å². The van der Waals surface area contributed by atoms with Crippen molar-refractivity contribution in [3.05, 3.63) is 29.8 Å². The van der Waals surface area contributed by atoms with E-state index in [2.05, 4.69) is 10.6 Å². The lowest BCUT2D eigenvalue weighted by Gasteiger charge is -2.24. The molecular weight excluding hydrogens is 338 g/mol. The van der Waals surface area contributed by atoms with Gasteiger partial charge < -0.3 is 10.6 Å². The van der Waals surface area contributed by atoms with Crippen LogP contribution in [0.25, 0.3) is 0 Å². The average Bonchev–Trinajstić information content (AvgIpc) is 2.62. The largest absolute Gasteiger partial charge is 0.348 e. The van der Waals surface area contributed by atoms with Gasteiger partial charge in [0.05, 0.1) is 4.90 Å². The third-order valence-electron chi connectivity index (χ3n) is 4.33. The minimum atomic E-state index is -3.50. The van der Waals surface area contributed by atoms with E-state index in [1.54, 1.807) is 12.1 Å². The molecule has 1 saturated heterocycles. The normalized spacial score (nSPS) is 18.3. The van der Waals surface area contributed by atoms with Crippen LogP contribution in [0.3, 0.4) is 0 Å². The van der Waals surface area contributed by atoms with Gasteiger partial charge in [0.15, 0.2) is 0 Å². The van der Waals surface area contributed by atoms with Crippen molar-refractivity contribution in [3.8, 4) is 0 Å². The molecule has 25 heavy (non-hydrogen) atoms. The molecule has 0 radical (unpaired) electrons. The van der Waals surface area contributed by atoms with Crippen molar-refractivity contribution < 1.29 is 13.2 Å². The number of nitrogens with zero attached hydrogens (tertiary/aromatic N) is 1. The highest BCUT2D eigenvalue weighted by molar-refractivity contribution is 7.89. The number of benzene rings is 1. The van der Waals surface area contributed by atoms with Crippen molar-refractivity contribution in [2.45, 2.75) is 50.5 Å². The first kappa shape index (κ1) is 19.9. The van der Waals surface area contributed by atoms with Gasteiger partial charge in [-0.1, -0.05) is 13.8 Å². The molecule has 140 valence electrons. The summed E-state index contributed by atoms with van der Waals surface area (Å²) in [5.41, 5.74) is 0.488. The summed E-state index contributed by atoms with van der Waals surface area (Å²) in [6.07, 6.45) is 3.56. The number of sulfonamides is 1. The van der Waals surface area contributed by atoms with E-state index >= 15 is 0 Å². The van der Waals surface area contributed by atoms with Gasteiger partial charge in [-0.15, -0.1) is 0 Å². The summed E-state index contributed by atoms with van der Waals surface area (Å²) in [5, 5.41) is 6.25. The summed E-state index contributed by atoms with van der Waals surface area (Å²) in [7, 11) is -3.50.